The smallest absolute Gasteiger partial charge is 0.104 e. The van der Waals surface area contributed by atoms with Crippen LogP contribution in [0.15, 0.2) is 78.6 Å². The van der Waals surface area contributed by atoms with E-state index < -0.39 is 0 Å². The molecule has 0 amide bonds. The highest BCUT2D eigenvalue weighted by Gasteiger charge is 2.26. The molecule has 0 aromatic heterocycles. The molecule has 0 radical (unpaired) electrons. The molecule has 45 heavy (non-hydrogen) atoms. The molecule has 2 heterocycles. The van der Waals surface area contributed by atoms with Gasteiger partial charge in [-0.05, 0) is 112 Å². The van der Waals surface area contributed by atoms with Crippen LogP contribution in [0.25, 0.3) is 33.4 Å². The molecule has 2 atom stereocenters. The second kappa shape index (κ2) is 14.4. The predicted molar refractivity (Wildman–Crippen MR) is 194 cm³/mol. The lowest BCUT2D eigenvalue weighted by molar-refractivity contribution is 0.114. The lowest BCUT2D eigenvalue weighted by Crippen LogP contribution is -2.04. The Bertz CT molecular complexity index is 1670. The van der Waals surface area contributed by atoms with E-state index in [-0.39, 0.29) is 0 Å². The van der Waals surface area contributed by atoms with E-state index in [9.17, 15) is 0 Å². The lowest BCUT2D eigenvalue weighted by atomic mass is 9.87. The molecule has 0 bridgehead atoms. The average molecular weight is 862 g/mol. The van der Waals surface area contributed by atoms with Crippen LogP contribution in [0.3, 0.4) is 0 Å². The third-order valence-corrected chi connectivity index (χ3v) is 11.5. The van der Waals surface area contributed by atoms with Crippen LogP contribution in [0.2, 0.25) is 0 Å². The number of benzene rings is 4. The van der Waals surface area contributed by atoms with E-state index in [1.54, 1.807) is 0 Å². The number of hydrogen-bond donors (Lipinski definition) is 0. The molecular weight excluding hydrogens is 828 g/mol. The van der Waals surface area contributed by atoms with E-state index in [4.69, 9.17) is 18.9 Å². The Labute approximate surface area is 298 Å². The first-order chi connectivity index (χ1) is 22.0. The molecule has 1 aliphatic carbocycles. The molecule has 2 saturated heterocycles. The standard InChI is InChI=1S/C37H34Br4O4/c38-33-14-23(15-34(39)30(33)7-3-11-42-18-25-20-44-25)28-9-10-29-27-6-2-1-5-22(27)13-32(29)37(28)24-16-35(40)31(36(41)17-24)8-4-12-43-19-26-21-45-26/h1-2,5-6,9-10,14-17,25-26H,3-4,7-8,11-13,18-21H2. The quantitative estimate of drug-likeness (QED) is 0.0824. The first-order valence-electron chi connectivity index (χ1n) is 15.6. The average Bonchev–Trinajstić information content (AvgIpc) is 3.97. The number of epoxide rings is 2. The summed E-state index contributed by atoms with van der Waals surface area (Å²) in [5.41, 5.74) is 12.8. The Morgan fingerprint density at radius 2 is 1.13 bits per heavy atom. The minimum Gasteiger partial charge on any atom is -0.379 e. The maximum atomic E-state index is 5.79. The SMILES string of the molecule is Brc1cc(-c2ccc3c(c2-c2cc(Br)c(CCCOCC4CO4)c(Br)c2)Cc2ccccc2-3)cc(Br)c1CCCOCC1CO1. The monoisotopic (exact) mass is 858 g/mol. The maximum Gasteiger partial charge on any atom is 0.104 e. The Hall–Kier alpha value is -1.36. The largest absolute Gasteiger partial charge is 0.379 e. The van der Waals surface area contributed by atoms with Gasteiger partial charge in [0.15, 0.2) is 0 Å². The molecule has 4 nitrogen and oxygen atoms in total. The van der Waals surface area contributed by atoms with Gasteiger partial charge in [-0.15, -0.1) is 0 Å². The van der Waals surface area contributed by atoms with Crippen LogP contribution in [0, 0.1) is 0 Å². The van der Waals surface area contributed by atoms with Crippen molar-refractivity contribution < 1.29 is 18.9 Å². The van der Waals surface area contributed by atoms with Crippen molar-refractivity contribution in [1.82, 2.24) is 0 Å². The van der Waals surface area contributed by atoms with E-state index in [1.165, 1.54) is 55.6 Å². The summed E-state index contributed by atoms with van der Waals surface area (Å²) in [6.07, 6.45) is 5.31. The summed E-state index contributed by atoms with van der Waals surface area (Å²) in [7, 11) is 0. The van der Waals surface area contributed by atoms with Gasteiger partial charge in [0.1, 0.15) is 12.2 Å². The topological polar surface area (TPSA) is 43.5 Å². The van der Waals surface area contributed by atoms with E-state index in [0.29, 0.717) is 25.4 Å². The highest BCUT2D eigenvalue weighted by atomic mass is 79.9. The lowest BCUT2D eigenvalue weighted by Gasteiger charge is -2.19. The molecule has 0 N–H and O–H groups in total. The molecule has 3 aliphatic rings. The van der Waals surface area contributed by atoms with Gasteiger partial charge in [-0.25, -0.2) is 0 Å². The predicted octanol–water partition coefficient (Wildman–Crippen LogP) is 10.3. The summed E-state index contributed by atoms with van der Waals surface area (Å²) < 4.78 is 26.5. The highest BCUT2D eigenvalue weighted by molar-refractivity contribution is 9.11. The number of ether oxygens (including phenoxy) is 4. The van der Waals surface area contributed by atoms with Gasteiger partial charge in [-0.1, -0.05) is 100 Å². The Kier molecular flexibility index (Phi) is 10.3. The summed E-state index contributed by atoms with van der Waals surface area (Å²) in [6.45, 7) is 4.53. The van der Waals surface area contributed by atoms with Gasteiger partial charge in [0.25, 0.3) is 0 Å². The van der Waals surface area contributed by atoms with Crippen molar-refractivity contribution in [2.75, 3.05) is 39.6 Å². The van der Waals surface area contributed by atoms with Crippen molar-refractivity contribution in [1.29, 1.82) is 0 Å². The zero-order valence-corrected chi connectivity index (χ0v) is 31.2. The van der Waals surface area contributed by atoms with Gasteiger partial charge >= 0.3 is 0 Å². The van der Waals surface area contributed by atoms with Gasteiger partial charge in [-0.2, -0.15) is 0 Å². The van der Waals surface area contributed by atoms with E-state index in [0.717, 1.165) is 76.4 Å². The molecule has 8 heteroatoms. The normalized spacial score (nSPS) is 17.8. The Balaban J connectivity index is 1.20. The summed E-state index contributed by atoms with van der Waals surface area (Å²) in [5.74, 6) is 0. The highest BCUT2D eigenvalue weighted by Crippen LogP contribution is 2.48. The van der Waals surface area contributed by atoms with Crippen molar-refractivity contribution >= 4 is 63.7 Å². The number of rotatable bonds is 14. The fourth-order valence-corrected chi connectivity index (χ4v) is 9.39. The van der Waals surface area contributed by atoms with Crippen LogP contribution in [-0.2, 0) is 38.2 Å². The molecule has 234 valence electrons. The molecule has 4 aromatic rings. The molecule has 4 aromatic carbocycles. The van der Waals surface area contributed by atoms with E-state index in [1.807, 2.05) is 0 Å². The number of fused-ring (bicyclic) bond motifs is 3. The number of halogens is 4. The van der Waals surface area contributed by atoms with Crippen LogP contribution in [0.1, 0.15) is 35.1 Å². The summed E-state index contributed by atoms with van der Waals surface area (Å²) >= 11 is 15.7. The van der Waals surface area contributed by atoms with Crippen molar-refractivity contribution in [3.05, 3.63) is 101 Å². The molecule has 2 aliphatic heterocycles. The number of hydrogen-bond acceptors (Lipinski definition) is 4. The zero-order chi connectivity index (χ0) is 30.9. The van der Waals surface area contributed by atoms with E-state index >= 15 is 0 Å². The minimum atomic E-state index is 0.306. The van der Waals surface area contributed by atoms with Crippen molar-refractivity contribution in [3.8, 4) is 33.4 Å². The van der Waals surface area contributed by atoms with Gasteiger partial charge in [0, 0.05) is 31.1 Å². The first kappa shape index (κ1) is 32.2. The van der Waals surface area contributed by atoms with Crippen LogP contribution in [0.5, 0.6) is 0 Å². The molecule has 0 spiro atoms. The summed E-state index contributed by atoms with van der Waals surface area (Å²) in [4.78, 5) is 0. The van der Waals surface area contributed by atoms with Gasteiger partial charge in [0.05, 0.1) is 26.4 Å². The third-order valence-electron chi connectivity index (χ3n) is 8.71. The minimum absolute atomic E-state index is 0.306. The molecule has 2 fully saturated rings. The summed E-state index contributed by atoms with van der Waals surface area (Å²) in [6, 6.07) is 22.5. The van der Waals surface area contributed by atoms with Crippen molar-refractivity contribution in [2.24, 2.45) is 0 Å². The fraction of sp³-hybridized carbons (Fsp3) is 0.351. The molecule has 2 unspecified atom stereocenters. The van der Waals surface area contributed by atoms with Gasteiger partial charge in [-0.3, -0.25) is 0 Å². The zero-order valence-electron chi connectivity index (χ0n) is 24.9. The molecular formula is C37H34Br4O4. The third kappa shape index (κ3) is 7.54. The van der Waals surface area contributed by atoms with Gasteiger partial charge in [0.2, 0.25) is 0 Å². The summed E-state index contributed by atoms with van der Waals surface area (Å²) in [5, 5.41) is 0. The first-order valence-corrected chi connectivity index (χ1v) is 18.7. The Morgan fingerprint density at radius 3 is 1.69 bits per heavy atom. The van der Waals surface area contributed by atoms with Crippen molar-refractivity contribution in [2.45, 2.75) is 44.3 Å². The molecule has 7 rings (SSSR count). The second-order valence-corrected chi connectivity index (χ2v) is 15.4. The van der Waals surface area contributed by atoms with Crippen LogP contribution >= 0.6 is 63.7 Å². The molecule has 0 saturated carbocycles. The van der Waals surface area contributed by atoms with E-state index in [2.05, 4.69) is 124 Å². The van der Waals surface area contributed by atoms with Crippen molar-refractivity contribution in [3.63, 3.8) is 0 Å². The van der Waals surface area contributed by atoms with Gasteiger partial charge < -0.3 is 18.9 Å². The van der Waals surface area contributed by atoms with Crippen LogP contribution in [0.4, 0.5) is 0 Å². The van der Waals surface area contributed by atoms with Crippen LogP contribution < -0.4 is 0 Å². The van der Waals surface area contributed by atoms with Crippen LogP contribution in [-0.4, -0.2) is 51.8 Å². The fourth-order valence-electron chi connectivity index (χ4n) is 6.23. The Morgan fingerprint density at radius 1 is 0.622 bits per heavy atom. The second-order valence-electron chi connectivity index (χ2n) is 12.0. The maximum absolute atomic E-state index is 5.79.